The molecule has 0 aliphatic heterocycles. The van der Waals surface area contributed by atoms with Crippen LogP contribution < -0.4 is 10.6 Å². The molecule has 0 aliphatic rings. The molecule has 0 spiro atoms. The Kier molecular flexibility index (Phi) is 3.71. The van der Waals surface area contributed by atoms with E-state index in [2.05, 4.69) is 4.98 Å². The van der Waals surface area contributed by atoms with Gasteiger partial charge in [-0.05, 0) is 19.1 Å². The highest BCUT2D eigenvalue weighted by Crippen LogP contribution is 2.13. The van der Waals surface area contributed by atoms with Gasteiger partial charge in [0.2, 0.25) is 5.91 Å². The van der Waals surface area contributed by atoms with Crippen molar-refractivity contribution in [1.82, 2.24) is 4.98 Å². The molecule has 0 unspecified atom stereocenters. The lowest BCUT2D eigenvalue weighted by molar-refractivity contribution is -0.116. The topological polar surface area (TPSA) is 59.2 Å². The minimum absolute atomic E-state index is 0.172. The lowest BCUT2D eigenvalue weighted by atomic mass is 10.4. The van der Waals surface area contributed by atoms with Crippen molar-refractivity contribution >= 4 is 23.3 Å². The summed E-state index contributed by atoms with van der Waals surface area (Å²) in [6.45, 7) is 2.78. The quantitative estimate of drug-likeness (QED) is 0.813. The van der Waals surface area contributed by atoms with Crippen molar-refractivity contribution in [2.45, 2.75) is 6.92 Å². The zero-order valence-corrected chi connectivity index (χ0v) is 8.66. The van der Waals surface area contributed by atoms with E-state index in [-0.39, 0.29) is 12.5 Å². The second kappa shape index (κ2) is 4.81. The Hall–Kier alpha value is -1.29. The van der Waals surface area contributed by atoms with Gasteiger partial charge in [0.15, 0.2) is 0 Å². The average molecular weight is 214 g/mol. The fraction of sp³-hybridized carbons (Fsp3) is 0.333. The molecule has 0 bridgehead atoms. The predicted octanol–water partition coefficient (Wildman–Crippen LogP) is 1.05. The summed E-state index contributed by atoms with van der Waals surface area (Å²) in [6, 6.07) is 3.49. The molecule has 5 heteroatoms. The predicted molar refractivity (Wildman–Crippen MR) is 56.3 cm³/mol. The van der Waals surface area contributed by atoms with E-state index < -0.39 is 0 Å². The Morgan fingerprint density at radius 1 is 1.64 bits per heavy atom. The summed E-state index contributed by atoms with van der Waals surface area (Å²) in [5, 5.41) is 0.573. The van der Waals surface area contributed by atoms with Crippen LogP contribution >= 0.6 is 11.6 Å². The standard InChI is InChI=1S/C9H12ClN3O/c1-2-13(6-8(11)14)9-4-3-7(10)5-12-9/h3-5H,2,6H2,1H3,(H2,11,14). The van der Waals surface area contributed by atoms with E-state index in [4.69, 9.17) is 17.3 Å². The molecule has 0 saturated heterocycles. The summed E-state index contributed by atoms with van der Waals surface area (Å²) in [5.41, 5.74) is 5.10. The Morgan fingerprint density at radius 2 is 2.36 bits per heavy atom. The smallest absolute Gasteiger partial charge is 0.236 e. The Labute approximate surface area is 87.7 Å². The van der Waals surface area contributed by atoms with Crippen molar-refractivity contribution in [3.8, 4) is 0 Å². The number of carbonyl (C=O) groups is 1. The van der Waals surface area contributed by atoms with E-state index in [9.17, 15) is 4.79 Å². The Bertz CT molecular complexity index is 312. The summed E-state index contributed by atoms with van der Waals surface area (Å²) in [7, 11) is 0. The summed E-state index contributed by atoms with van der Waals surface area (Å²) >= 11 is 5.69. The Balaban J connectivity index is 2.78. The molecule has 1 rings (SSSR count). The molecule has 14 heavy (non-hydrogen) atoms. The molecule has 0 aliphatic carbocycles. The summed E-state index contributed by atoms with van der Waals surface area (Å²) in [4.78, 5) is 16.6. The first-order valence-corrected chi connectivity index (χ1v) is 4.66. The number of carbonyl (C=O) groups excluding carboxylic acids is 1. The second-order valence-electron chi connectivity index (χ2n) is 2.82. The highest BCUT2D eigenvalue weighted by Gasteiger charge is 2.07. The zero-order valence-electron chi connectivity index (χ0n) is 7.90. The fourth-order valence-corrected chi connectivity index (χ4v) is 1.21. The molecule has 0 atom stereocenters. The Morgan fingerprint density at radius 3 is 2.79 bits per heavy atom. The van der Waals surface area contributed by atoms with E-state index in [1.54, 1.807) is 23.2 Å². The molecule has 4 nitrogen and oxygen atoms in total. The number of primary amides is 1. The van der Waals surface area contributed by atoms with E-state index >= 15 is 0 Å². The average Bonchev–Trinajstić information content (AvgIpc) is 2.15. The molecule has 1 amide bonds. The van der Waals surface area contributed by atoms with Crippen molar-refractivity contribution in [3.63, 3.8) is 0 Å². The van der Waals surface area contributed by atoms with Crippen LogP contribution in [0.3, 0.4) is 0 Å². The van der Waals surface area contributed by atoms with Gasteiger partial charge in [0.1, 0.15) is 5.82 Å². The largest absolute Gasteiger partial charge is 0.368 e. The van der Waals surface area contributed by atoms with Gasteiger partial charge in [0.25, 0.3) is 0 Å². The van der Waals surface area contributed by atoms with E-state index in [1.165, 1.54) is 0 Å². The van der Waals surface area contributed by atoms with Crippen LogP contribution in [0.1, 0.15) is 6.92 Å². The number of amides is 1. The summed E-state index contributed by atoms with van der Waals surface area (Å²) in [5.74, 6) is 0.333. The maximum Gasteiger partial charge on any atom is 0.236 e. The maximum atomic E-state index is 10.7. The SMILES string of the molecule is CCN(CC(N)=O)c1ccc(Cl)cn1. The zero-order chi connectivity index (χ0) is 10.6. The number of hydrogen-bond donors (Lipinski definition) is 1. The van der Waals surface area contributed by atoms with Gasteiger partial charge in [-0.15, -0.1) is 0 Å². The van der Waals surface area contributed by atoms with Crippen LogP contribution in [0.5, 0.6) is 0 Å². The lowest BCUT2D eigenvalue weighted by Gasteiger charge is -2.19. The van der Waals surface area contributed by atoms with E-state index in [1.807, 2.05) is 6.92 Å². The number of rotatable bonds is 4. The van der Waals surface area contributed by atoms with Crippen molar-refractivity contribution in [2.75, 3.05) is 18.0 Å². The van der Waals surface area contributed by atoms with Crippen molar-refractivity contribution in [3.05, 3.63) is 23.4 Å². The normalized spacial score (nSPS) is 9.86. The van der Waals surface area contributed by atoms with Crippen LogP contribution in [0.2, 0.25) is 5.02 Å². The van der Waals surface area contributed by atoms with Gasteiger partial charge in [-0.25, -0.2) is 4.98 Å². The number of pyridine rings is 1. The highest BCUT2D eigenvalue weighted by molar-refractivity contribution is 6.30. The first-order valence-electron chi connectivity index (χ1n) is 4.28. The molecule has 0 fully saturated rings. The molecule has 1 heterocycles. The number of anilines is 1. The minimum atomic E-state index is -0.372. The van der Waals surface area contributed by atoms with Crippen molar-refractivity contribution in [1.29, 1.82) is 0 Å². The third-order valence-electron chi connectivity index (χ3n) is 1.76. The third-order valence-corrected chi connectivity index (χ3v) is 1.99. The highest BCUT2D eigenvalue weighted by atomic mass is 35.5. The molecule has 0 saturated carbocycles. The third kappa shape index (κ3) is 2.88. The molecule has 0 radical (unpaired) electrons. The minimum Gasteiger partial charge on any atom is -0.368 e. The van der Waals surface area contributed by atoms with Crippen LogP contribution in [0.25, 0.3) is 0 Å². The number of nitrogens with zero attached hydrogens (tertiary/aromatic N) is 2. The number of aromatic nitrogens is 1. The second-order valence-corrected chi connectivity index (χ2v) is 3.25. The van der Waals surface area contributed by atoms with Crippen molar-refractivity contribution in [2.24, 2.45) is 5.73 Å². The number of nitrogens with two attached hydrogens (primary N) is 1. The van der Waals surface area contributed by atoms with Crippen molar-refractivity contribution < 1.29 is 4.79 Å². The molecule has 1 aromatic heterocycles. The molecule has 2 N–H and O–H groups in total. The van der Waals surface area contributed by atoms with Gasteiger partial charge >= 0.3 is 0 Å². The number of likely N-dealkylation sites (N-methyl/N-ethyl adjacent to an activating group) is 1. The van der Waals surface area contributed by atoms with Gasteiger partial charge < -0.3 is 10.6 Å². The monoisotopic (exact) mass is 213 g/mol. The molecular formula is C9H12ClN3O. The van der Waals surface area contributed by atoms with Crippen LogP contribution in [-0.2, 0) is 4.79 Å². The van der Waals surface area contributed by atoms with Crippen LogP contribution in [0, 0.1) is 0 Å². The lowest BCUT2D eigenvalue weighted by Crippen LogP contribution is -2.34. The van der Waals surface area contributed by atoms with Gasteiger partial charge in [0, 0.05) is 12.7 Å². The number of hydrogen-bond acceptors (Lipinski definition) is 3. The van der Waals surface area contributed by atoms with E-state index in [0.29, 0.717) is 17.4 Å². The van der Waals surface area contributed by atoms with Gasteiger partial charge in [-0.3, -0.25) is 4.79 Å². The van der Waals surface area contributed by atoms with E-state index in [0.717, 1.165) is 0 Å². The van der Waals surface area contributed by atoms with Crippen LogP contribution in [-0.4, -0.2) is 24.0 Å². The molecule has 76 valence electrons. The molecule has 0 aromatic carbocycles. The van der Waals surface area contributed by atoms with Gasteiger partial charge in [0.05, 0.1) is 11.6 Å². The molecular weight excluding hydrogens is 202 g/mol. The first-order chi connectivity index (χ1) is 6.63. The van der Waals surface area contributed by atoms with Gasteiger partial charge in [-0.1, -0.05) is 11.6 Å². The summed E-state index contributed by atoms with van der Waals surface area (Å²) < 4.78 is 0. The summed E-state index contributed by atoms with van der Waals surface area (Å²) in [6.07, 6.45) is 1.54. The van der Waals surface area contributed by atoms with Crippen LogP contribution in [0.4, 0.5) is 5.82 Å². The fourth-order valence-electron chi connectivity index (χ4n) is 1.10. The first kappa shape index (κ1) is 10.8. The molecule has 1 aromatic rings. The van der Waals surface area contributed by atoms with Crippen LogP contribution in [0.15, 0.2) is 18.3 Å². The number of halogens is 1. The maximum absolute atomic E-state index is 10.7. The van der Waals surface area contributed by atoms with Gasteiger partial charge in [-0.2, -0.15) is 0 Å².